The fourth-order valence-corrected chi connectivity index (χ4v) is 5.06. The minimum absolute atomic E-state index is 0.0111. The summed E-state index contributed by atoms with van der Waals surface area (Å²) in [6, 6.07) is 4.58. The second-order valence-electron chi connectivity index (χ2n) is 7.86. The van der Waals surface area contributed by atoms with Gasteiger partial charge in [0.25, 0.3) is 0 Å². The molecular weight excluding hydrogens is 260 g/mol. The van der Waals surface area contributed by atoms with Gasteiger partial charge in [0.05, 0.1) is 13.2 Å². The van der Waals surface area contributed by atoms with Crippen LogP contribution in [0.1, 0.15) is 56.7 Å². The van der Waals surface area contributed by atoms with Gasteiger partial charge < -0.3 is 9.84 Å². The largest absolute Gasteiger partial charge is 0.496 e. The predicted molar refractivity (Wildman–Crippen MR) is 85.9 cm³/mol. The molecule has 2 heteroatoms. The number of aliphatic hydroxyl groups excluding tert-OH is 1. The molecule has 116 valence electrons. The van der Waals surface area contributed by atoms with Gasteiger partial charge >= 0.3 is 0 Å². The third-order valence-electron chi connectivity index (χ3n) is 6.40. The van der Waals surface area contributed by atoms with Crippen LogP contribution >= 0.6 is 0 Å². The van der Waals surface area contributed by atoms with Crippen molar-refractivity contribution in [3.8, 4) is 5.75 Å². The Hall–Kier alpha value is -1.02. The van der Waals surface area contributed by atoms with Crippen molar-refractivity contribution in [3.05, 3.63) is 28.8 Å². The Morgan fingerprint density at radius 2 is 1.90 bits per heavy atom. The highest BCUT2D eigenvalue weighted by Crippen LogP contribution is 2.57. The molecule has 0 saturated heterocycles. The fourth-order valence-electron chi connectivity index (χ4n) is 5.06. The number of hydrogen-bond donors (Lipinski definition) is 1. The first-order valence-electron chi connectivity index (χ1n) is 8.16. The molecule has 1 fully saturated rings. The summed E-state index contributed by atoms with van der Waals surface area (Å²) < 4.78 is 5.56. The van der Waals surface area contributed by atoms with Gasteiger partial charge in [0.1, 0.15) is 5.75 Å². The number of aryl methyl sites for hydroxylation is 2. The minimum atomic E-state index is -0.176. The van der Waals surface area contributed by atoms with Crippen LogP contribution in [0.15, 0.2) is 12.1 Å². The molecule has 1 aromatic rings. The number of ether oxygens (including phenoxy) is 1. The van der Waals surface area contributed by atoms with Crippen LogP contribution in [-0.4, -0.2) is 18.3 Å². The van der Waals surface area contributed by atoms with Gasteiger partial charge in [-0.3, -0.25) is 0 Å². The van der Waals surface area contributed by atoms with E-state index in [9.17, 15) is 5.11 Å². The molecule has 1 aromatic carbocycles. The van der Waals surface area contributed by atoms with E-state index in [0.29, 0.717) is 5.92 Å². The van der Waals surface area contributed by atoms with Crippen molar-refractivity contribution in [2.75, 3.05) is 7.11 Å². The molecule has 2 aliphatic carbocycles. The van der Waals surface area contributed by atoms with Crippen molar-refractivity contribution in [3.63, 3.8) is 0 Å². The highest BCUT2D eigenvalue weighted by atomic mass is 16.5. The van der Waals surface area contributed by atoms with E-state index in [-0.39, 0.29) is 16.9 Å². The number of rotatable bonds is 1. The maximum atomic E-state index is 10.5. The summed E-state index contributed by atoms with van der Waals surface area (Å²) in [5, 5.41) is 10.5. The van der Waals surface area contributed by atoms with E-state index in [4.69, 9.17) is 4.74 Å². The lowest BCUT2D eigenvalue weighted by atomic mass is 9.49. The molecule has 3 atom stereocenters. The van der Waals surface area contributed by atoms with Crippen LogP contribution in [0.3, 0.4) is 0 Å². The summed E-state index contributed by atoms with van der Waals surface area (Å²) in [4.78, 5) is 0. The van der Waals surface area contributed by atoms with Crippen molar-refractivity contribution in [1.82, 2.24) is 0 Å². The van der Waals surface area contributed by atoms with E-state index in [0.717, 1.165) is 25.0 Å². The molecule has 0 aromatic heterocycles. The Morgan fingerprint density at radius 3 is 2.57 bits per heavy atom. The van der Waals surface area contributed by atoms with Gasteiger partial charge in [0, 0.05) is 0 Å². The molecule has 0 heterocycles. The maximum absolute atomic E-state index is 10.5. The van der Waals surface area contributed by atoms with E-state index in [2.05, 4.69) is 39.8 Å². The first-order valence-corrected chi connectivity index (χ1v) is 8.16. The van der Waals surface area contributed by atoms with E-state index >= 15 is 0 Å². The summed E-state index contributed by atoms with van der Waals surface area (Å²) in [7, 11) is 1.76. The molecule has 2 nitrogen and oxygen atoms in total. The zero-order valence-electron chi connectivity index (χ0n) is 14.0. The van der Waals surface area contributed by atoms with Crippen LogP contribution < -0.4 is 4.74 Å². The molecule has 1 saturated carbocycles. The van der Waals surface area contributed by atoms with E-state index in [1.807, 2.05) is 0 Å². The normalized spacial score (nSPS) is 34.0. The SMILES string of the molecule is COc1cc2c(cc1C)CCC1C(C)(C)[C@H](O)CC[C@]21C. The number of hydrogen-bond acceptors (Lipinski definition) is 2. The average Bonchev–Trinajstić information content (AvgIpc) is 2.43. The molecular formula is C19H28O2. The number of benzene rings is 1. The highest BCUT2D eigenvalue weighted by Gasteiger charge is 2.53. The first kappa shape index (κ1) is 14.9. The van der Waals surface area contributed by atoms with Gasteiger partial charge in [-0.05, 0) is 72.1 Å². The van der Waals surface area contributed by atoms with Gasteiger partial charge in [0.2, 0.25) is 0 Å². The third-order valence-corrected chi connectivity index (χ3v) is 6.40. The second-order valence-corrected chi connectivity index (χ2v) is 7.86. The van der Waals surface area contributed by atoms with E-state index in [1.165, 1.54) is 23.1 Å². The third kappa shape index (κ3) is 2.03. The Balaban J connectivity index is 2.13. The predicted octanol–water partition coefficient (Wildman–Crippen LogP) is 4.00. The standard InChI is InChI=1S/C19H28O2/c1-12-10-13-6-7-16-18(2,3)17(20)8-9-19(16,4)14(13)11-15(12)21-5/h10-11,16-17,20H,6-9H2,1-5H3/t16?,17-,19-/m1/s1. The van der Waals surface area contributed by atoms with Crippen LogP contribution in [0.5, 0.6) is 5.75 Å². The topological polar surface area (TPSA) is 29.5 Å². The number of fused-ring (bicyclic) bond motifs is 3. The fraction of sp³-hybridized carbons (Fsp3) is 0.684. The molecule has 0 amide bonds. The van der Waals surface area contributed by atoms with Crippen LogP contribution in [0, 0.1) is 18.3 Å². The zero-order chi connectivity index (χ0) is 15.4. The highest BCUT2D eigenvalue weighted by molar-refractivity contribution is 5.48. The summed E-state index contributed by atoms with van der Waals surface area (Å²) in [5.74, 6) is 1.54. The Morgan fingerprint density at radius 1 is 1.19 bits per heavy atom. The average molecular weight is 288 g/mol. The van der Waals surface area contributed by atoms with E-state index < -0.39 is 0 Å². The molecule has 0 spiro atoms. The number of methoxy groups -OCH3 is 1. The van der Waals surface area contributed by atoms with Crippen LogP contribution in [-0.2, 0) is 11.8 Å². The van der Waals surface area contributed by atoms with Crippen molar-refractivity contribution in [2.24, 2.45) is 11.3 Å². The lowest BCUT2D eigenvalue weighted by Gasteiger charge is -2.56. The molecule has 0 aliphatic heterocycles. The van der Waals surface area contributed by atoms with Crippen molar-refractivity contribution >= 4 is 0 Å². The van der Waals surface area contributed by atoms with Gasteiger partial charge in [-0.2, -0.15) is 0 Å². The van der Waals surface area contributed by atoms with Gasteiger partial charge in [0.15, 0.2) is 0 Å². The molecule has 1 N–H and O–H groups in total. The second kappa shape index (κ2) is 4.74. The molecule has 3 rings (SSSR count). The summed E-state index contributed by atoms with van der Waals surface area (Å²) in [5.41, 5.74) is 4.33. The summed E-state index contributed by atoms with van der Waals surface area (Å²) in [6.45, 7) is 9.02. The van der Waals surface area contributed by atoms with Crippen molar-refractivity contribution in [2.45, 2.75) is 64.9 Å². The van der Waals surface area contributed by atoms with Gasteiger partial charge in [-0.15, -0.1) is 0 Å². The first-order chi connectivity index (χ1) is 9.80. The molecule has 1 unspecified atom stereocenters. The van der Waals surface area contributed by atoms with Gasteiger partial charge in [-0.25, -0.2) is 0 Å². The quantitative estimate of drug-likeness (QED) is 0.846. The van der Waals surface area contributed by atoms with Crippen LogP contribution in [0.25, 0.3) is 0 Å². The minimum Gasteiger partial charge on any atom is -0.496 e. The lowest BCUT2D eigenvalue weighted by Crippen LogP contribution is -2.53. The zero-order valence-corrected chi connectivity index (χ0v) is 14.0. The lowest BCUT2D eigenvalue weighted by molar-refractivity contribution is -0.0731. The molecule has 2 aliphatic rings. The van der Waals surface area contributed by atoms with Crippen LogP contribution in [0.2, 0.25) is 0 Å². The smallest absolute Gasteiger partial charge is 0.122 e. The molecule has 0 bridgehead atoms. The maximum Gasteiger partial charge on any atom is 0.122 e. The molecule has 0 radical (unpaired) electrons. The summed E-state index contributed by atoms with van der Waals surface area (Å²) in [6.07, 6.45) is 4.09. The Bertz CT molecular complexity index is 561. The van der Waals surface area contributed by atoms with E-state index in [1.54, 1.807) is 7.11 Å². The Labute approximate surface area is 128 Å². The van der Waals surface area contributed by atoms with Gasteiger partial charge in [-0.1, -0.05) is 26.8 Å². The number of aliphatic hydroxyl groups is 1. The summed E-state index contributed by atoms with van der Waals surface area (Å²) >= 11 is 0. The Kier molecular flexibility index (Phi) is 3.36. The van der Waals surface area contributed by atoms with Crippen molar-refractivity contribution in [1.29, 1.82) is 0 Å². The van der Waals surface area contributed by atoms with Crippen molar-refractivity contribution < 1.29 is 9.84 Å². The van der Waals surface area contributed by atoms with Crippen LogP contribution in [0.4, 0.5) is 0 Å². The monoisotopic (exact) mass is 288 g/mol. The molecule has 21 heavy (non-hydrogen) atoms.